The van der Waals surface area contributed by atoms with E-state index in [0.717, 1.165) is 21.4 Å². The maximum atomic E-state index is 5.99. The molecule has 0 aliphatic carbocycles. The van der Waals surface area contributed by atoms with Gasteiger partial charge >= 0.3 is 0 Å². The van der Waals surface area contributed by atoms with Gasteiger partial charge < -0.3 is 10.7 Å². The molecular weight excluding hydrogens is 218 g/mol. The van der Waals surface area contributed by atoms with Gasteiger partial charge in [0.25, 0.3) is 0 Å². The second kappa shape index (κ2) is 3.73. The van der Waals surface area contributed by atoms with Gasteiger partial charge in [-0.2, -0.15) is 0 Å². The number of nitrogens with zero attached hydrogens (tertiary/aromatic N) is 1. The largest absolute Gasteiger partial charge is 0.340 e. The SMILES string of the molecule is CC(N)c1cnc(-c2ccsc2Cl)[nH]1. The number of imidazole rings is 1. The van der Waals surface area contributed by atoms with E-state index in [1.165, 1.54) is 11.3 Å². The number of hydrogen-bond acceptors (Lipinski definition) is 3. The molecule has 0 radical (unpaired) electrons. The Balaban J connectivity index is 2.39. The minimum absolute atomic E-state index is 0.0336. The molecule has 5 heteroatoms. The Labute approximate surface area is 90.9 Å². The Hall–Kier alpha value is -0.840. The first-order valence-corrected chi connectivity index (χ1v) is 5.48. The fourth-order valence-electron chi connectivity index (χ4n) is 1.17. The third kappa shape index (κ3) is 1.68. The third-order valence-electron chi connectivity index (χ3n) is 1.96. The molecule has 0 spiro atoms. The average Bonchev–Trinajstić information content (AvgIpc) is 2.71. The summed E-state index contributed by atoms with van der Waals surface area (Å²) >= 11 is 7.48. The lowest BCUT2D eigenvalue weighted by Crippen LogP contribution is -2.04. The van der Waals surface area contributed by atoms with Gasteiger partial charge in [0.05, 0.1) is 11.9 Å². The van der Waals surface area contributed by atoms with Gasteiger partial charge in [0.1, 0.15) is 10.2 Å². The zero-order valence-electron chi connectivity index (χ0n) is 7.62. The molecule has 1 unspecified atom stereocenters. The van der Waals surface area contributed by atoms with Crippen LogP contribution in [0.25, 0.3) is 11.4 Å². The number of nitrogens with one attached hydrogen (secondary N) is 1. The average molecular weight is 228 g/mol. The summed E-state index contributed by atoms with van der Waals surface area (Å²) in [6.45, 7) is 1.91. The van der Waals surface area contributed by atoms with Gasteiger partial charge in [0.2, 0.25) is 0 Å². The summed E-state index contributed by atoms with van der Waals surface area (Å²) in [6.07, 6.45) is 1.74. The van der Waals surface area contributed by atoms with Crippen molar-refractivity contribution in [3.8, 4) is 11.4 Å². The monoisotopic (exact) mass is 227 g/mol. The Morgan fingerprint density at radius 2 is 2.43 bits per heavy atom. The van der Waals surface area contributed by atoms with Crippen LogP contribution in [0.3, 0.4) is 0 Å². The summed E-state index contributed by atoms with van der Waals surface area (Å²) in [5, 5.41) is 1.94. The van der Waals surface area contributed by atoms with E-state index in [0.29, 0.717) is 0 Å². The highest BCUT2D eigenvalue weighted by Gasteiger charge is 2.09. The van der Waals surface area contributed by atoms with Crippen LogP contribution in [0.5, 0.6) is 0 Å². The zero-order chi connectivity index (χ0) is 10.1. The van der Waals surface area contributed by atoms with Crippen molar-refractivity contribution in [2.75, 3.05) is 0 Å². The van der Waals surface area contributed by atoms with Gasteiger partial charge in [-0.3, -0.25) is 0 Å². The van der Waals surface area contributed by atoms with E-state index in [9.17, 15) is 0 Å². The molecule has 14 heavy (non-hydrogen) atoms. The summed E-state index contributed by atoms with van der Waals surface area (Å²) in [5.74, 6) is 0.781. The maximum Gasteiger partial charge on any atom is 0.139 e. The van der Waals surface area contributed by atoms with Crippen molar-refractivity contribution >= 4 is 22.9 Å². The van der Waals surface area contributed by atoms with Crippen molar-refractivity contribution in [1.29, 1.82) is 0 Å². The normalized spacial score (nSPS) is 13.1. The summed E-state index contributed by atoms with van der Waals surface area (Å²) in [7, 11) is 0. The van der Waals surface area contributed by atoms with Gasteiger partial charge in [0.15, 0.2) is 0 Å². The fourth-order valence-corrected chi connectivity index (χ4v) is 2.09. The van der Waals surface area contributed by atoms with E-state index in [1.54, 1.807) is 6.20 Å². The first-order chi connectivity index (χ1) is 6.68. The molecule has 3 N–H and O–H groups in total. The predicted molar refractivity (Wildman–Crippen MR) is 59.5 cm³/mol. The second-order valence-corrected chi connectivity index (χ2v) is 4.60. The van der Waals surface area contributed by atoms with Crippen molar-refractivity contribution in [3.63, 3.8) is 0 Å². The van der Waals surface area contributed by atoms with E-state index >= 15 is 0 Å². The molecule has 3 nitrogen and oxygen atoms in total. The minimum Gasteiger partial charge on any atom is -0.340 e. The van der Waals surface area contributed by atoms with E-state index in [-0.39, 0.29) is 6.04 Å². The van der Waals surface area contributed by atoms with Crippen LogP contribution in [-0.2, 0) is 0 Å². The smallest absolute Gasteiger partial charge is 0.139 e. The quantitative estimate of drug-likeness (QED) is 0.829. The number of halogens is 1. The third-order valence-corrected chi connectivity index (χ3v) is 3.13. The molecule has 2 heterocycles. The first-order valence-electron chi connectivity index (χ1n) is 4.22. The lowest BCUT2D eigenvalue weighted by Gasteiger charge is -1.98. The van der Waals surface area contributed by atoms with Crippen LogP contribution in [0, 0.1) is 0 Å². The molecule has 0 fully saturated rings. The van der Waals surface area contributed by atoms with Crippen molar-refractivity contribution in [3.05, 3.63) is 27.7 Å². The van der Waals surface area contributed by atoms with Gasteiger partial charge in [0, 0.05) is 11.6 Å². The molecule has 2 aromatic heterocycles. The molecule has 74 valence electrons. The molecule has 0 amide bonds. The summed E-state index contributed by atoms with van der Waals surface area (Å²) in [4.78, 5) is 7.37. The van der Waals surface area contributed by atoms with Crippen molar-refractivity contribution < 1.29 is 0 Å². The number of aromatic nitrogens is 2. The van der Waals surface area contributed by atoms with Gasteiger partial charge in [-0.15, -0.1) is 11.3 Å². The van der Waals surface area contributed by atoms with Gasteiger partial charge in [-0.05, 0) is 18.4 Å². The van der Waals surface area contributed by atoms with Crippen molar-refractivity contribution in [2.45, 2.75) is 13.0 Å². The molecule has 0 aliphatic heterocycles. The molecule has 0 aromatic carbocycles. The molecule has 2 aromatic rings. The molecule has 0 bridgehead atoms. The Bertz CT molecular complexity index is 433. The Morgan fingerprint density at radius 1 is 1.64 bits per heavy atom. The highest BCUT2D eigenvalue weighted by molar-refractivity contribution is 7.15. The predicted octanol–water partition coefficient (Wildman–Crippen LogP) is 2.81. The van der Waals surface area contributed by atoms with Crippen molar-refractivity contribution in [2.24, 2.45) is 5.73 Å². The Morgan fingerprint density at radius 3 is 2.93 bits per heavy atom. The van der Waals surface area contributed by atoms with Crippen molar-refractivity contribution in [1.82, 2.24) is 9.97 Å². The highest BCUT2D eigenvalue weighted by Crippen LogP contribution is 2.30. The van der Waals surface area contributed by atoms with Crippen LogP contribution in [0.2, 0.25) is 4.34 Å². The van der Waals surface area contributed by atoms with E-state index in [4.69, 9.17) is 17.3 Å². The number of nitrogens with two attached hydrogens (primary N) is 1. The Kier molecular flexibility index (Phi) is 2.58. The number of aromatic amines is 1. The molecule has 2 rings (SSSR count). The van der Waals surface area contributed by atoms with Crippen LogP contribution in [-0.4, -0.2) is 9.97 Å². The van der Waals surface area contributed by atoms with Crippen LogP contribution in [0.4, 0.5) is 0 Å². The van der Waals surface area contributed by atoms with E-state index in [2.05, 4.69) is 9.97 Å². The standard InChI is InChI=1S/C9H10ClN3S/c1-5(11)7-4-12-9(13-7)6-2-3-14-8(6)10/h2-5H,11H2,1H3,(H,12,13). The van der Waals surface area contributed by atoms with Crippen LogP contribution >= 0.6 is 22.9 Å². The van der Waals surface area contributed by atoms with E-state index in [1.807, 2.05) is 18.4 Å². The number of thiophene rings is 1. The minimum atomic E-state index is -0.0336. The molecule has 0 saturated heterocycles. The van der Waals surface area contributed by atoms with Crippen LogP contribution in [0.15, 0.2) is 17.6 Å². The molecule has 0 aliphatic rings. The maximum absolute atomic E-state index is 5.99. The topological polar surface area (TPSA) is 54.7 Å². The number of H-pyrrole nitrogens is 1. The summed E-state index contributed by atoms with van der Waals surface area (Å²) in [5.41, 5.74) is 7.57. The first kappa shape index (κ1) is 9.71. The van der Waals surface area contributed by atoms with Gasteiger partial charge in [-0.1, -0.05) is 11.6 Å². The summed E-state index contributed by atoms with van der Waals surface area (Å²) in [6, 6.07) is 1.91. The van der Waals surface area contributed by atoms with Crippen LogP contribution < -0.4 is 5.73 Å². The van der Waals surface area contributed by atoms with Crippen LogP contribution in [0.1, 0.15) is 18.7 Å². The number of hydrogen-bond donors (Lipinski definition) is 2. The van der Waals surface area contributed by atoms with Gasteiger partial charge in [-0.25, -0.2) is 4.98 Å². The summed E-state index contributed by atoms with van der Waals surface area (Å²) < 4.78 is 0.746. The van der Waals surface area contributed by atoms with E-state index < -0.39 is 0 Å². The lowest BCUT2D eigenvalue weighted by atomic mass is 10.3. The zero-order valence-corrected chi connectivity index (χ0v) is 9.19. The molecule has 1 atom stereocenters. The second-order valence-electron chi connectivity index (χ2n) is 3.08. The molecule has 0 saturated carbocycles. The number of rotatable bonds is 2. The highest BCUT2D eigenvalue weighted by atomic mass is 35.5. The lowest BCUT2D eigenvalue weighted by molar-refractivity contribution is 0.789. The molecular formula is C9H10ClN3S. The fraction of sp³-hybridized carbons (Fsp3) is 0.222.